The molecule has 2 heterocycles. The van der Waals surface area contributed by atoms with Crippen molar-refractivity contribution in [2.45, 2.75) is 19.9 Å². The van der Waals surface area contributed by atoms with Gasteiger partial charge in [0.05, 0.1) is 6.04 Å². The lowest BCUT2D eigenvalue weighted by molar-refractivity contribution is 0.0740. The number of carbonyl (C=O) groups is 1. The molecule has 4 heteroatoms. The Morgan fingerprint density at radius 2 is 1.88 bits per heavy atom. The first kappa shape index (κ1) is 15.5. The average Bonchev–Trinajstić information content (AvgIpc) is 3.21. The Hall–Kier alpha value is -3.01. The van der Waals surface area contributed by atoms with Crippen LogP contribution in [0.1, 0.15) is 34.8 Å². The second-order valence-electron chi connectivity index (χ2n) is 6.51. The fourth-order valence-corrected chi connectivity index (χ4v) is 3.22. The predicted octanol–water partition coefficient (Wildman–Crippen LogP) is 5.06. The first-order valence-corrected chi connectivity index (χ1v) is 8.38. The van der Waals surface area contributed by atoms with Crippen molar-refractivity contribution in [3.8, 4) is 0 Å². The van der Waals surface area contributed by atoms with Gasteiger partial charge in [0.15, 0.2) is 0 Å². The third-order valence-electron chi connectivity index (χ3n) is 4.79. The number of fused-ring (bicyclic) bond motifs is 2. The summed E-state index contributed by atoms with van der Waals surface area (Å²) in [5.74, 6) is 0.839. The Kier molecular flexibility index (Phi) is 3.61. The predicted molar refractivity (Wildman–Crippen MR) is 99.8 cm³/mol. The molecule has 0 aliphatic rings. The first-order chi connectivity index (χ1) is 12.0. The number of hydrogen-bond donors (Lipinski definition) is 1. The van der Waals surface area contributed by atoms with Crippen LogP contribution in [0.2, 0.25) is 0 Å². The van der Waals surface area contributed by atoms with Crippen LogP contribution in [0.5, 0.6) is 0 Å². The number of hydrogen-bond acceptors (Lipinski definition) is 2. The van der Waals surface area contributed by atoms with Gasteiger partial charge in [-0.15, -0.1) is 0 Å². The van der Waals surface area contributed by atoms with Crippen molar-refractivity contribution in [1.29, 1.82) is 0 Å². The Balaban J connectivity index is 1.63. The maximum Gasteiger partial charge on any atom is 0.254 e. The van der Waals surface area contributed by atoms with Crippen LogP contribution in [0.3, 0.4) is 0 Å². The zero-order chi connectivity index (χ0) is 17.6. The monoisotopic (exact) mass is 332 g/mol. The summed E-state index contributed by atoms with van der Waals surface area (Å²) >= 11 is 0. The standard InChI is InChI=1S/C21H20N2O2/c1-13-10-17-11-16(8-9-20(17)25-13)21(24)23(3)14(2)19-12-15-6-4-5-7-18(15)22-19/h4-12,14,22H,1-3H3/t14-/m1/s1. The zero-order valence-electron chi connectivity index (χ0n) is 14.5. The van der Waals surface area contributed by atoms with Gasteiger partial charge in [0.2, 0.25) is 0 Å². The lowest BCUT2D eigenvalue weighted by atomic mass is 10.1. The number of furan rings is 1. The minimum Gasteiger partial charge on any atom is -0.461 e. The lowest BCUT2D eigenvalue weighted by Crippen LogP contribution is -2.29. The van der Waals surface area contributed by atoms with E-state index in [2.05, 4.69) is 17.1 Å². The third-order valence-corrected chi connectivity index (χ3v) is 4.79. The summed E-state index contributed by atoms with van der Waals surface area (Å²) in [6.07, 6.45) is 0. The molecule has 126 valence electrons. The normalized spacial score (nSPS) is 12.6. The molecule has 1 amide bonds. The van der Waals surface area contributed by atoms with E-state index in [9.17, 15) is 4.79 Å². The molecule has 4 nitrogen and oxygen atoms in total. The number of rotatable bonds is 3. The summed E-state index contributed by atoms with van der Waals surface area (Å²) in [5.41, 5.74) is 3.58. The van der Waals surface area contributed by atoms with Gasteiger partial charge in [-0.1, -0.05) is 18.2 Å². The van der Waals surface area contributed by atoms with Gasteiger partial charge in [-0.2, -0.15) is 0 Å². The smallest absolute Gasteiger partial charge is 0.254 e. The quantitative estimate of drug-likeness (QED) is 0.570. The molecular weight excluding hydrogens is 312 g/mol. The number of aromatic nitrogens is 1. The highest BCUT2D eigenvalue weighted by Crippen LogP contribution is 2.26. The number of nitrogens with one attached hydrogen (secondary N) is 1. The summed E-state index contributed by atoms with van der Waals surface area (Å²) in [5, 5.41) is 2.11. The highest BCUT2D eigenvalue weighted by atomic mass is 16.3. The Bertz CT molecular complexity index is 1040. The SMILES string of the molecule is Cc1cc2cc(C(=O)N(C)[C@H](C)c3cc4ccccc4[nH]3)ccc2o1. The third kappa shape index (κ3) is 2.70. The molecule has 0 fully saturated rings. The number of carbonyl (C=O) groups excluding carboxylic acids is 1. The summed E-state index contributed by atoms with van der Waals surface area (Å²) in [6.45, 7) is 3.94. The van der Waals surface area contributed by atoms with Crippen LogP contribution in [0.25, 0.3) is 21.9 Å². The summed E-state index contributed by atoms with van der Waals surface area (Å²) in [4.78, 5) is 18.1. The summed E-state index contributed by atoms with van der Waals surface area (Å²) in [6, 6.07) is 17.7. The highest BCUT2D eigenvalue weighted by molar-refractivity contribution is 5.98. The fraction of sp³-hybridized carbons (Fsp3) is 0.190. The zero-order valence-corrected chi connectivity index (χ0v) is 14.5. The molecule has 2 aromatic carbocycles. The molecule has 1 atom stereocenters. The first-order valence-electron chi connectivity index (χ1n) is 8.38. The van der Waals surface area contributed by atoms with E-state index >= 15 is 0 Å². The number of para-hydroxylation sites is 1. The van der Waals surface area contributed by atoms with Gasteiger partial charge in [-0.25, -0.2) is 0 Å². The van der Waals surface area contributed by atoms with E-state index < -0.39 is 0 Å². The van der Waals surface area contributed by atoms with Gasteiger partial charge >= 0.3 is 0 Å². The largest absolute Gasteiger partial charge is 0.461 e. The minimum atomic E-state index is -0.0540. The van der Waals surface area contributed by atoms with Crippen molar-refractivity contribution < 1.29 is 9.21 Å². The van der Waals surface area contributed by atoms with Gasteiger partial charge in [0, 0.05) is 29.2 Å². The van der Waals surface area contributed by atoms with Gasteiger partial charge in [-0.3, -0.25) is 4.79 Å². The number of nitrogens with zero attached hydrogens (tertiary/aromatic N) is 1. The van der Waals surface area contributed by atoms with Gasteiger partial charge in [0.1, 0.15) is 11.3 Å². The van der Waals surface area contributed by atoms with Crippen molar-refractivity contribution in [3.05, 3.63) is 71.6 Å². The van der Waals surface area contributed by atoms with Gasteiger partial charge < -0.3 is 14.3 Å². The van der Waals surface area contributed by atoms with Crippen molar-refractivity contribution in [1.82, 2.24) is 9.88 Å². The summed E-state index contributed by atoms with van der Waals surface area (Å²) in [7, 11) is 1.84. The Morgan fingerprint density at radius 1 is 1.08 bits per heavy atom. The second-order valence-corrected chi connectivity index (χ2v) is 6.51. The number of H-pyrrole nitrogens is 1. The number of aromatic amines is 1. The van der Waals surface area contributed by atoms with Crippen LogP contribution in [0, 0.1) is 6.92 Å². The van der Waals surface area contributed by atoms with E-state index in [0.717, 1.165) is 33.3 Å². The maximum atomic E-state index is 12.9. The van der Waals surface area contributed by atoms with Crippen LogP contribution in [0.15, 0.2) is 59.0 Å². The van der Waals surface area contributed by atoms with Crippen LogP contribution in [0.4, 0.5) is 0 Å². The van der Waals surface area contributed by atoms with E-state index in [0.29, 0.717) is 5.56 Å². The van der Waals surface area contributed by atoms with Gasteiger partial charge in [0.25, 0.3) is 5.91 Å². The van der Waals surface area contributed by atoms with E-state index in [-0.39, 0.29) is 11.9 Å². The molecule has 4 rings (SSSR count). The molecule has 1 N–H and O–H groups in total. The molecule has 0 bridgehead atoms. The van der Waals surface area contributed by atoms with Crippen LogP contribution in [-0.4, -0.2) is 22.8 Å². The molecule has 0 spiro atoms. The second kappa shape index (κ2) is 5.81. The highest BCUT2D eigenvalue weighted by Gasteiger charge is 2.21. The summed E-state index contributed by atoms with van der Waals surface area (Å²) < 4.78 is 5.58. The average molecular weight is 332 g/mol. The molecule has 4 aromatic rings. The van der Waals surface area contributed by atoms with E-state index in [1.807, 2.05) is 63.4 Å². The van der Waals surface area contributed by atoms with Crippen molar-refractivity contribution in [2.75, 3.05) is 7.05 Å². The van der Waals surface area contributed by atoms with Crippen molar-refractivity contribution >= 4 is 27.8 Å². The topological polar surface area (TPSA) is 49.2 Å². The molecule has 2 aromatic heterocycles. The van der Waals surface area contributed by atoms with E-state index in [4.69, 9.17) is 4.42 Å². The number of benzene rings is 2. The molecule has 0 saturated heterocycles. The molecule has 0 unspecified atom stereocenters. The molecule has 0 radical (unpaired) electrons. The Morgan fingerprint density at radius 3 is 2.68 bits per heavy atom. The number of amides is 1. The van der Waals surface area contributed by atoms with Gasteiger partial charge in [-0.05, 0) is 55.6 Å². The molecular formula is C21H20N2O2. The molecule has 0 aliphatic heterocycles. The molecule has 0 saturated carbocycles. The number of aryl methyl sites for hydroxylation is 1. The van der Waals surface area contributed by atoms with E-state index in [1.165, 1.54) is 0 Å². The van der Waals surface area contributed by atoms with Crippen LogP contribution in [-0.2, 0) is 0 Å². The van der Waals surface area contributed by atoms with E-state index in [1.54, 1.807) is 4.90 Å². The van der Waals surface area contributed by atoms with Crippen LogP contribution < -0.4 is 0 Å². The van der Waals surface area contributed by atoms with Crippen molar-refractivity contribution in [3.63, 3.8) is 0 Å². The van der Waals surface area contributed by atoms with Crippen molar-refractivity contribution in [2.24, 2.45) is 0 Å². The molecule has 0 aliphatic carbocycles. The maximum absolute atomic E-state index is 12.9. The molecule has 25 heavy (non-hydrogen) atoms. The lowest BCUT2D eigenvalue weighted by Gasteiger charge is -2.24. The fourth-order valence-electron chi connectivity index (χ4n) is 3.22. The van der Waals surface area contributed by atoms with Crippen LogP contribution >= 0.6 is 0 Å². The minimum absolute atomic E-state index is 0.00749. The Labute approximate surface area is 146 Å².